The first kappa shape index (κ1) is 16.0. The Morgan fingerprint density at radius 3 is 2.52 bits per heavy atom. The van der Waals surface area contributed by atoms with Crippen molar-refractivity contribution in [2.75, 3.05) is 0 Å². The maximum Gasteiger partial charge on any atom is 0.178 e. The Kier molecular flexibility index (Phi) is 3.92. The molecule has 0 unspecified atom stereocenters. The van der Waals surface area contributed by atoms with Crippen LogP contribution in [-0.4, -0.2) is 5.78 Å². The first-order valence-corrected chi connectivity index (χ1v) is 8.58. The Labute approximate surface area is 139 Å². The van der Waals surface area contributed by atoms with E-state index in [1.54, 1.807) is 0 Å². The van der Waals surface area contributed by atoms with E-state index in [9.17, 15) is 10.1 Å². The highest BCUT2D eigenvalue weighted by Crippen LogP contribution is 2.56. The fourth-order valence-corrected chi connectivity index (χ4v) is 5.05. The van der Waals surface area contributed by atoms with Crippen LogP contribution in [0.5, 0.6) is 0 Å². The van der Waals surface area contributed by atoms with E-state index in [4.69, 9.17) is 0 Å². The molecular formula is C21H25NO. The predicted octanol–water partition coefficient (Wildman–Crippen LogP) is 4.71. The van der Waals surface area contributed by atoms with Gasteiger partial charge in [0.1, 0.15) is 6.07 Å². The van der Waals surface area contributed by atoms with Crippen molar-refractivity contribution in [3.63, 3.8) is 0 Å². The summed E-state index contributed by atoms with van der Waals surface area (Å²) in [5, 5.41) is 9.36. The summed E-state index contributed by atoms with van der Waals surface area (Å²) in [4.78, 5) is 12.6. The van der Waals surface area contributed by atoms with Gasteiger partial charge >= 0.3 is 0 Å². The summed E-state index contributed by atoms with van der Waals surface area (Å²) in [6.07, 6.45) is 6.38. The lowest BCUT2D eigenvalue weighted by atomic mass is 9.51. The average Bonchev–Trinajstić information content (AvgIpc) is 2.52. The van der Waals surface area contributed by atoms with E-state index in [1.807, 2.05) is 19.9 Å². The van der Waals surface area contributed by atoms with E-state index in [-0.39, 0.29) is 11.2 Å². The van der Waals surface area contributed by atoms with Crippen molar-refractivity contribution in [3.8, 4) is 6.07 Å². The molecule has 2 aliphatic rings. The zero-order chi connectivity index (χ0) is 16.7. The Morgan fingerprint density at radius 2 is 1.87 bits per heavy atom. The van der Waals surface area contributed by atoms with Crippen LogP contribution in [0.3, 0.4) is 0 Å². The molecule has 3 atom stereocenters. The van der Waals surface area contributed by atoms with Crippen molar-refractivity contribution in [1.82, 2.24) is 0 Å². The number of carbonyl (C=O) groups excluding carboxylic acids is 1. The molecule has 1 aromatic rings. The molecule has 0 N–H and O–H groups in total. The molecule has 120 valence electrons. The minimum absolute atomic E-state index is 0.0315. The lowest BCUT2D eigenvalue weighted by Crippen LogP contribution is -2.49. The van der Waals surface area contributed by atoms with Crippen molar-refractivity contribution < 1.29 is 4.79 Å². The maximum absolute atomic E-state index is 12.6. The first-order valence-electron chi connectivity index (χ1n) is 8.58. The van der Waals surface area contributed by atoms with Gasteiger partial charge in [-0.15, -0.1) is 0 Å². The normalized spacial score (nSPS) is 32.6. The summed E-state index contributed by atoms with van der Waals surface area (Å²) in [6.45, 7) is 6.31. The third-order valence-electron chi connectivity index (χ3n) is 6.05. The highest BCUT2D eigenvalue weighted by Gasteiger charge is 2.53. The van der Waals surface area contributed by atoms with Gasteiger partial charge in [0.2, 0.25) is 0 Å². The molecule has 0 saturated heterocycles. The molecule has 0 spiro atoms. The molecule has 0 aliphatic heterocycles. The Morgan fingerprint density at radius 1 is 1.17 bits per heavy atom. The van der Waals surface area contributed by atoms with Crippen LogP contribution in [0.15, 0.2) is 42.0 Å². The monoisotopic (exact) mass is 307 g/mol. The Hall–Kier alpha value is -1.88. The number of nitriles is 1. The van der Waals surface area contributed by atoms with Crippen LogP contribution in [0.1, 0.15) is 45.6 Å². The van der Waals surface area contributed by atoms with Crippen LogP contribution in [-0.2, 0) is 11.2 Å². The van der Waals surface area contributed by atoms with Gasteiger partial charge in [0, 0.05) is 5.41 Å². The second-order valence-electron chi connectivity index (χ2n) is 8.12. The van der Waals surface area contributed by atoms with Gasteiger partial charge in [0.15, 0.2) is 5.78 Å². The molecule has 1 aromatic carbocycles. The zero-order valence-electron chi connectivity index (χ0n) is 14.3. The maximum atomic E-state index is 12.6. The summed E-state index contributed by atoms with van der Waals surface area (Å²) in [6, 6.07) is 12.8. The SMILES string of the molecule is CC1(C)C(=O)C(C#N)=C[C@]2(C)C[C@@H](Cc3ccccc3)CC[C@H]12. The summed E-state index contributed by atoms with van der Waals surface area (Å²) in [7, 11) is 0. The van der Waals surface area contributed by atoms with Gasteiger partial charge in [-0.05, 0) is 48.5 Å². The number of hydrogen-bond acceptors (Lipinski definition) is 2. The fourth-order valence-electron chi connectivity index (χ4n) is 5.05. The largest absolute Gasteiger partial charge is 0.293 e. The van der Waals surface area contributed by atoms with Crippen molar-refractivity contribution in [1.29, 1.82) is 5.26 Å². The molecule has 2 aliphatic carbocycles. The third-order valence-corrected chi connectivity index (χ3v) is 6.05. The second kappa shape index (κ2) is 5.64. The zero-order valence-corrected chi connectivity index (χ0v) is 14.3. The lowest BCUT2D eigenvalue weighted by Gasteiger charge is -2.52. The van der Waals surface area contributed by atoms with Crippen LogP contribution in [0.25, 0.3) is 0 Å². The standard InChI is InChI=1S/C21H25NO/c1-20(2)18-10-9-16(11-15-7-5-4-6-8-15)12-21(18,3)13-17(14-22)19(20)23/h4-8,13,16,18H,9-12H2,1-3H3/t16-,18-,21+/m1/s1. The van der Waals surface area contributed by atoms with Gasteiger partial charge in [-0.2, -0.15) is 5.26 Å². The molecule has 23 heavy (non-hydrogen) atoms. The topological polar surface area (TPSA) is 40.9 Å². The third kappa shape index (κ3) is 2.74. The first-order chi connectivity index (χ1) is 10.9. The van der Waals surface area contributed by atoms with Gasteiger partial charge < -0.3 is 0 Å². The Bertz CT molecular complexity index is 680. The van der Waals surface area contributed by atoms with E-state index in [1.165, 1.54) is 12.0 Å². The molecule has 3 rings (SSSR count). The molecule has 1 saturated carbocycles. The van der Waals surface area contributed by atoms with E-state index >= 15 is 0 Å². The minimum atomic E-state index is -0.424. The fraction of sp³-hybridized carbons (Fsp3) is 0.524. The smallest absolute Gasteiger partial charge is 0.178 e. The molecule has 0 radical (unpaired) electrons. The number of Topliss-reactive ketones (excluding diaryl/α,β-unsaturated/α-hetero) is 1. The van der Waals surface area contributed by atoms with E-state index in [0.717, 1.165) is 19.3 Å². The molecule has 0 aromatic heterocycles. The molecule has 0 bridgehead atoms. The van der Waals surface area contributed by atoms with Crippen molar-refractivity contribution in [2.45, 2.75) is 46.5 Å². The molecule has 0 amide bonds. The van der Waals surface area contributed by atoms with Crippen LogP contribution in [0.2, 0.25) is 0 Å². The van der Waals surface area contributed by atoms with Gasteiger partial charge in [-0.1, -0.05) is 57.2 Å². The molecular weight excluding hydrogens is 282 g/mol. The van der Waals surface area contributed by atoms with Gasteiger partial charge in [0.25, 0.3) is 0 Å². The summed E-state index contributed by atoms with van der Waals surface area (Å²) < 4.78 is 0. The highest BCUT2D eigenvalue weighted by atomic mass is 16.1. The van der Waals surface area contributed by atoms with Gasteiger partial charge in [-0.3, -0.25) is 4.79 Å². The van der Waals surface area contributed by atoms with Crippen LogP contribution in [0, 0.1) is 34.0 Å². The molecule has 1 fully saturated rings. The predicted molar refractivity (Wildman–Crippen MR) is 91.6 cm³/mol. The van der Waals surface area contributed by atoms with E-state index in [2.05, 4.69) is 43.3 Å². The number of rotatable bonds is 2. The van der Waals surface area contributed by atoms with Crippen molar-refractivity contribution in [3.05, 3.63) is 47.5 Å². The summed E-state index contributed by atoms with van der Waals surface area (Å²) >= 11 is 0. The summed E-state index contributed by atoms with van der Waals surface area (Å²) in [5.74, 6) is 0.995. The Balaban J connectivity index is 1.87. The highest BCUT2D eigenvalue weighted by molar-refractivity contribution is 6.04. The van der Waals surface area contributed by atoms with Crippen LogP contribution in [0.4, 0.5) is 0 Å². The number of allylic oxidation sites excluding steroid dienone is 2. The van der Waals surface area contributed by atoms with E-state index < -0.39 is 5.41 Å². The number of hydrogen-bond donors (Lipinski definition) is 0. The van der Waals surface area contributed by atoms with Gasteiger partial charge in [0.05, 0.1) is 5.57 Å². The van der Waals surface area contributed by atoms with Crippen molar-refractivity contribution in [2.24, 2.45) is 22.7 Å². The van der Waals surface area contributed by atoms with Gasteiger partial charge in [-0.25, -0.2) is 0 Å². The number of fused-ring (bicyclic) bond motifs is 1. The number of benzene rings is 1. The quantitative estimate of drug-likeness (QED) is 0.794. The number of ketones is 1. The molecule has 2 heteroatoms. The average molecular weight is 307 g/mol. The second-order valence-corrected chi connectivity index (χ2v) is 8.12. The number of nitrogens with zero attached hydrogens (tertiary/aromatic N) is 1. The lowest BCUT2D eigenvalue weighted by molar-refractivity contribution is -0.131. The van der Waals surface area contributed by atoms with Crippen LogP contribution < -0.4 is 0 Å². The summed E-state index contributed by atoms with van der Waals surface area (Å²) in [5.41, 5.74) is 1.29. The molecule has 0 heterocycles. The van der Waals surface area contributed by atoms with E-state index in [0.29, 0.717) is 17.4 Å². The molecule has 2 nitrogen and oxygen atoms in total. The number of carbonyl (C=O) groups is 1. The minimum Gasteiger partial charge on any atom is -0.293 e. The van der Waals surface area contributed by atoms with Crippen molar-refractivity contribution >= 4 is 5.78 Å². The van der Waals surface area contributed by atoms with Crippen LogP contribution >= 0.6 is 0 Å².